The minimum Gasteiger partial charge on any atom is -0.497 e. The molecule has 36 heavy (non-hydrogen) atoms. The third-order valence-electron chi connectivity index (χ3n) is 5.91. The number of methoxy groups -OCH3 is 1. The molecule has 2 heterocycles. The van der Waals surface area contributed by atoms with Crippen LogP contribution in [0.15, 0.2) is 90.4 Å². The summed E-state index contributed by atoms with van der Waals surface area (Å²) in [7, 11) is 1.60. The molecule has 0 bridgehead atoms. The van der Waals surface area contributed by atoms with Gasteiger partial charge in [0.05, 0.1) is 12.7 Å². The molecule has 5 rings (SSSR count). The highest BCUT2D eigenvalue weighted by atomic mass is 35.5. The van der Waals surface area contributed by atoms with Gasteiger partial charge in [-0.1, -0.05) is 41.9 Å². The lowest BCUT2D eigenvalue weighted by atomic mass is 9.94. The first-order valence-corrected chi connectivity index (χ1v) is 11.7. The van der Waals surface area contributed by atoms with Crippen LogP contribution in [0.5, 0.6) is 11.5 Å². The molecule has 1 aliphatic rings. The van der Waals surface area contributed by atoms with Crippen LogP contribution >= 0.6 is 11.6 Å². The molecule has 0 fully saturated rings. The number of hydrogen-bond donors (Lipinski definition) is 2. The lowest BCUT2D eigenvalue weighted by molar-refractivity contribution is -0.113. The third-order valence-corrected chi connectivity index (χ3v) is 6.16. The van der Waals surface area contributed by atoms with Gasteiger partial charge >= 0.3 is 0 Å². The highest BCUT2D eigenvalue weighted by Crippen LogP contribution is 2.39. The zero-order valence-electron chi connectivity index (χ0n) is 19.7. The number of halogens is 1. The second-order valence-corrected chi connectivity index (χ2v) is 8.67. The van der Waals surface area contributed by atoms with Crippen molar-refractivity contribution >= 4 is 29.1 Å². The van der Waals surface area contributed by atoms with Crippen LogP contribution in [0.25, 0.3) is 0 Å². The van der Waals surface area contributed by atoms with Crippen molar-refractivity contribution < 1.29 is 14.3 Å². The molecule has 0 spiro atoms. The first kappa shape index (κ1) is 23.4. The van der Waals surface area contributed by atoms with Gasteiger partial charge in [-0.15, -0.1) is 0 Å². The average Bonchev–Trinajstić information content (AvgIpc) is 3.36. The van der Waals surface area contributed by atoms with E-state index in [9.17, 15) is 4.79 Å². The van der Waals surface area contributed by atoms with Crippen molar-refractivity contribution in [1.82, 2.24) is 14.8 Å². The van der Waals surface area contributed by atoms with Crippen molar-refractivity contribution in [2.45, 2.75) is 19.6 Å². The number of aromatic nitrogens is 3. The molecule has 4 aromatic rings. The van der Waals surface area contributed by atoms with Crippen LogP contribution in [-0.2, 0) is 11.4 Å². The first-order chi connectivity index (χ1) is 17.5. The van der Waals surface area contributed by atoms with E-state index in [0.717, 1.165) is 11.1 Å². The topological polar surface area (TPSA) is 90.3 Å². The Kier molecular flexibility index (Phi) is 6.60. The zero-order valence-corrected chi connectivity index (χ0v) is 20.5. The number of hydrogen-bond acceptors (Lipinski definition) is 6. The van der Waals surface area contributed by atoms with E-state index in [-0.39, 0.29) is 5.91 Å². The van der Waals surface area contributed by atoms with Gasteiger partial charge in [-0.3, -0.25) is 4.79 Å². The number of ether oxygens (including phenoxy) is 2. The maximum absolute atomic E-state index is 13.6. The Bertz CT molecular complexity index is 1410. The maximum atomic E-state index is 13.6. The molecular formula is C27H24ClN5O3. The van der Waals surface area contributed by atoms with Gasteiger partial charge in [0.1, 0.15) is 30.5 Å². The SMILES string of the molecule is COc1ccc(NC(=O)C2=C(C)Nc3ncnn3[C@H]2c2ccccc2OCc2ccc(Cl)cc2)cc1. The summed E-state index contributed by atoms with van der Waals surface area (Å²) >= 11 is 6.01. The van der Waals surface area contributed by atoms with E-state index in [0.29, 0.717) is 46.0 Å². The van der Waals surface area contributed by atoms with Crippen LogP contribution < -0.4 is 20.1 Å². The summed E-state index contributed by atoms with van der Waals surface area (Å²) in [5, 5.41) is 11.3. The Morgan fingerprint density at radius 2 is 1.83 bits per heavy atom. The predicted molar refractivity (Wildman–Crippen MR) is 138 cm³/mol. The molecule has 0 unspecified atom stereocenters. The molecule has 2 N–H and O–H groups in total. The Labute approximate surface area is 213 Å². The van der Waals surface area contributed by atoms with Crippen molar-refractivity contribution in [2.24, 2.45) is 0 Å². The zero-order chi connectivity index (χ0) is 25.1. The number of fused-ring (bicyclic) bond motifs is 1. The highest BCUT2D eigenvalue weighted by molar-refractivity contribution is 6.30. The number of carbonyl (C=O) groups excluding carboxylic acids is 1. The standard InChI is InChI=1S/C27H24ClN5O3/c1-17-24(26(34)32-20-11-13-21(35-2)14-12-20)25(33-27(31-17)29-16-30-33)22-5-3-4-6-23(22)36-15-18-7-9-19(28)10-8-18/h3-14,16,25H,15H2,1-2H3,(H,32,34)(H,29,30,31)/t25-/m0/s1. The number of carbonyl (C=O) groups is 1. The van der Waals surface area contributed by atoms with Crippen molar-refractivity contribution in [3.63, 3.8) is 0 Å². The number of anilines is 2. The fourth-order valence-corrected chi connectivity index (χ4v) is 4.25. The van der Waals surface area contributed by atoms with E-state index in [4.69, 9.17) is 21.1 Å². The molecule has 3 aromatic carbocycles. The van der Waals surface area contributed by atoms with E-state index in [1.165, 1.54) is 6.33 Å². The molecule has 1 atom stereocenters. The Balaban J connectivity index is 1.49. The van der Waals surface area contributed by atoms with Crippen LogP contribution in [0, 0.1) is 0 Å². The largest absolute Gasteiger partial charge is 0.497 e. The van der Waals surface area contributed by atoms with E-state index >= 15 is 0 Å². The fraction of sp³-hybridized carbons (Fsp3) is 0.148. The lowest BCUT2D eigenvalue weighted by Gasteiger charge is -2.29. The molecule has 0 radical (unpaired) electrons. The molecule has 1 aromatic heterocycles. The summed E-state index contributed by atoms with van der Waals surface area (Å²) in [4.78, 5) is 17.9. The van der Waals surface area contributed by atoms with Gasteiger partial charge in [0.25, 0.3) is 5.91 Å². The number of allylic oxidation sites excluding steroid dienone is 1. The quantitative estimate of drug-likeness (QED) is 0.350. The highest BCUT2D eigenvalue weighted by Gasteiger charge is 2.35. The predicted octanol–water partition coefficient (Wildman–Crippen LogP) is 5.45. The molecule has 0 saturated heterocycles. The molecule has 182 valence electrons. The number of amides is 1. The summed E-state index contributed by atoms with van der Waals surface area (Å²) in [6, 6.07) is 21.8. The van der Waals surface area contributed by atoms with Gasteiger partial charge in [0.2, 0.25) is 5.95 Å². The summed E-state index contributed by atoms with van der Waals surface area (Å²) < 4.78 is 13.1. The van der Waals surface area contributed by atoms with Gasteiger partial charge < -0.3 is 20.1 Å². The molecule has 0 saturated carbocycles. The summed E-state index contributed by atoms with van der Waals surface area (Å²) in [5.41, 5.74) is 3.60. The van der Waals surface area contributed by atoms with Gasteiger partial charge in [0.15, 0.2) is 0 Å². The van der Waals surface area contributed by atoms with Crippen molar-refractivity contribution in [1.29, 1.82) is 0 Å². The molecular weight excluding hydrogens is 478 g/mol. The maximum Gasteiger partial charge on any atom is 0.255 e. The van der Waals surface area contributed by atoms with Crippen molar-refractivity contribution in [3.05, 3.63) is 107 Å². The Morgan fingerprint density at radius 3 is 2.58 bits per heavy atom. The first-order valence-electron chi connectivity index (χ1n) is 11.3. The molecule has 9 heteroatoms. The van der Waals surface area contributed by atoms with Gasteiger partial charge in [-0.25, -0.2) is 4.68 Å². The number of benzene rings is 3. The van der Waals surface area contributed by atoms with Gasteiger partial charge in [-0.05, 0) is 55.0 Å². The molecule has 1 aliphatic heterocycles. The van der Waals surface area contributed by atoms with E-state index < -0.39 is 6.04 Å². The average molecular weight is 502 g/mol. The third kappa shape index (κ3) is 4.76. The van der Waals surface area contributed by atoms with E-state index in [1.807, 2.05) is 55.5 Å². The summed E-state index contributed by atoms with van der Waals surface area (Å²) in [5.74, 6) is 1.64. The summed E-state index contributed by atoms with van der Waals surface area (Å²) in [6.45, 7) is 2.20. The minimum absolute atomic E-state index is 0.260. The monoisotopic (exact) mass is 501 g/mol. The second kappa shape index (κ2) is 10.1. The van der Waals surface area contributed by atoms with Crippen molar-refractivity contribution in [3.8, 4) is 11.5 Å². The van der Waals surface area contributed by atoms with Crippen LogP contribution in [-0.4, -0.2) is 27.8 Å². The Hall–Kier alpha value is -4.30. The van der Waals surface area contributed by atoms with E-state index in [1.54, 1.807) is 36.1 Å². The van der Waals surface area contributed by atoms with Gasteiger partial charge in [-0.2, -0.15) is 10.1 Å². The number of nitrogens with one attached hydrogen (secondary N) is 2. The summed E-state index contributed by atoms with van der Waals surface area (Å²) in [6.07, 6.45) is 1.46. The van der Waals surface area contributed by atoms with Gasteiger partial charge in [0, 0.05) is 22.0 Å². The molecule has 8 nitrogen and oxygen atoms in total. The number of nitrogens with zero attached hydrogens (tertiary/aromatic N) is 3. The second-order valence-electron chi connectivity index (χ2n) is 8.23. The fourth-order valence-electron chi connectivity index (χ4n) is 4.12. The molecule has 0 aliphatic carbocycles. The lowest BCUT2D eigenvalue weighted by Crippen LogP contribution is -2.31. The van der Waals surface area contributed by atoms with Crippen LogP contribution in [0.4, 0.5) is 11.6 Å². The van der Waals surface area contributed by atoms with Crippen LogP contribution in [0.1, 0.15) is 24.1 Å². The van der Waals surface area contributed by atoms with Crippen molar-refractivity contribution in [2.75, 3.05) is 17.7 Å². The number of rotatable bonds is 7. The normalized spacial score (nSPS) is 14.6. The smallest absolute Gasteiger partial charge is 0.255 e. The minimum atomic E-state index is -0.552. The Morgan fingerprint density at radius 1 is 1.08 bits per heavy atom. The number of para-hydroxylation sites is 1. The van der Waals surface area contributed by atoms with E-state index in [2.05, 4.69) is 20.7 Å². The van der Waals surface area contributed by atoms with Crippen LogP contribution in [0.3, 0.4) is 0 Å². The molecule has 1 amide bonds. The van der Waals surface area contributed by atoms with Crippen LogP contribution in [0.2, 0.25) is 5.02 Å².